The molecule has 0 aliphatic rings. The highest BCUT2D eigenvalue weighted by Gasteiger charge is 2.28. The van der Waals surface area contributed by atoms with Crippen LogP contribution in [0.15, 0.2) is 34.7 Å². The highest BCUT2D eigenvalue weighted by Crippen LogP contribution is 2.17. The normalized spacial score (nSPS) is 13.5. The SMILES string of the molecule is CCC(C)C(NC(=O)OC(C)(C)C)C(=O)NCc1nnc(-c2ccccc2)o1. The van der Waals surface area contributed by atoms with Crippen molar-refractivity contribution in [2.24, 2.45) is 5.92 Å². The minimum atomic E-state index is -0.726. The summed E-state index contributed by atoms with van der Waals surface area (Å²) in [7, 11) is 0. The van der Waals surface area contributed by atoms with Crippen molar-refractivity contribution in [3.05, 3.63) is 36.2 Å². The fourth-order valence-corrected chi connectivity index (χ4v) is 2.43. The molecule has 0 saturated carbocycles. The van der Waals surface area contributed by atoms with Crippen LogP contribution in [0.5, 0.6) is 0 Å². The van der Waals surface area contributed by atoms with Crippen LogP contribution in [0.2, 0.25) is 0 Å². The molecule has 0 bridgehead atoms. The van der Waals surface area contributed by atoms with E-state index in [1.165, 1.54) is 0 Å². The average molecular weight is 388 g/mol. The van der Waals surface area contributed by atoms with Gasteiger partial charge in [0.05, 0.1) is 6.54 Å². The van der Waals surface area contributed by atoms with Gasteiger partial charge in [-0.2, -0.15) is 0 Å². The number of nitrogens with one attached hydrogen (secondary N) is 2. The van der Waals surface area contributed by atoms with E-state index >= 15 is 0 Å². The third kappa shape index (κ3) is 6.37. The van der Waals surface area contributed by atoms with E-state index in [9.17, 15) is 9.59 Å². The minimum Gasteiger partial charge on any atom is -0.444 e. The van der Waals surface area contributed by atoms with Crippen molar-refractivity contribution < 1.29 is 18.7 Å². The number of nitrogens with zero attached hydrogens (tertiary/aromatic N) is 2. The zero-order chi connectivity index (χ0) is 20.7. The topological polar surface area (TPSA) is 106 Å². The van der Waals surface area contributed by atoms with Gasteiger partial charge in [-0.1, -0.05) is 38.5 Å². The monoisotopic (exact) mass is 388 g/mol. The molecular formula is C20H28N4O4. The predicted molar refractivity (Wildman–Crippen MR) is 104 cm³/mol. The number of alkyl carbamates (subject to hydrolysis) is 1. The van der Waals surface area contributed by atoms with Crippen LogP contribution >= 0.6 is 0 Å². The van der Waals surface area contributed by atoms with Gasteiger partial charge in [0.1, 0.15) is 11.6 Å². The van der Waals surface area contributed by atoms with E-state index in [1.807, 2.05) is 44.2 Å². The molecule has 0 radical (unpaired) electrons. The molecule has 2 N–H and O–H groups in total. The Morgan fingerprint density at radius 3 is 2.46 bits per heavy atom. The number of benzene rings is 1. The maximum absolute atomic E-state index is 12.6. The van der Waals surface area contributed by atoms with Crippen molar-refractivity contribution in [2.75, 3.05) is 0 Å². The fraction of sp³-hybridized carbons (Fsp3) is 0.500. The molecule has 8 nitrogen and oxygen atoms in total. The Bertz CT molecular complexity index is 783. The van der Waals surface area contributed by atoms with Crippen LogP contribution in [0, 0.1) is 5.92 Å². The van der Waals surface area contributed by atoms with Crippen molar-refractivity contribution in [2.45, 2.75) is 59.2 Å². The molecule has 152 valence electrons. The number of aromatic nitrogens is 2. The van der Waals surface area contributed by atoms with Gasteiger partial charge in [-0.25, -0.2) is 4.79 Å². The highest BCUT2D eigenvalue weighted by atomic mass is 16.6. The molecule has 1 aromatic carbocycles. The molecule has 2 unspecified atom stereocenters. The summed E-state index contributed by atoms with van der Waals surface area (Å²) >= 11 is 0. The van der Waals surface area contributed by atoms with Gasteiger partial charge in [0, 0.05) is 5.56 Å². The van der Waals surface area contributed by atoms with Crippen LogP contribution in [0.4, 0.5) is 4.79 Å². The minimum absolute atomic E-state index is 0.0710. The number of carbonyl (C=O) groups excluding carboxylic acids is 2. The van der Waals surface area contributed by atoms with E-state index in [1.54, 1.807) is 20.8 Å². The zero-order valence-electron chi connectivity index (χ0n) is 17.0. The summed E-state index contributed by atoms with van der Waals surface area (Å²) in [6, 6.07) is 8.64. The van der Waals surface area contributed by atoms with Crippen LogP contribution in [-0.2, 0) is 16.1 Å². The summed E-state index contributed by atoms with van der Waals surface area (Å²) in [5.41, 5.74) is 0.162. The van der Waals surface area contributed by atoms with Gasteiger partial charge in [-0.15, -0.1) is 10.2 Å². The van der Waals surface area contributed by atoms with Gasteiger partial charge in [0.15, 0.2) is 0 Å². The quantitative estimate of drug-likeness (QED) is 0.754. The third-order valence-electron chi connectivity index (χ3n) is 4.07. The lowest BCUT2D eigenvalue weighted by molar-refractivity contribution is -0.124. The molecule has 0 aliphatic carbocycles. The summed E-state index contributed by atoms with van der Waals surface area (Å²) in [5.74, 6) is 0.261. The Labute approximate surface area is 165 Å². The van der Waals surface area contributed by atoms with Crippen LogP contribution in [0.1, 0.15) is 46.9 Å². The van der Waals surface area contributed by atoms with Gasteiger partial charge in [0.25, 0.3) is 0 Å². The van der Waals surface area contributed by atoms with Crippen molar-refractivity contribution in [3.8, 4) is 11.5 Å². The van der Waals surface area contributed by atoms with Gasteiger partial charge >= 0.3 is 6.09 Å². The van der Waals surface area contributed by atoms with Gasteiger partial charge in [-0.05, 0) is 38.8 Å². The standard InChI is InChI=1S/C20H28N4O4/c1-6-13(2)16(22-19(26)28-20(3,4)5)17(25)21-12-15-23-24-18(27-15)14-10-8-7-9-11-14/h7-11,13,16H,6,12H2,1-5H3,(H,21,25)(H,22,26). The fourth-order valence-electron chi connectivity index (χ4n) is 2.43. The van der Waals surface area contributed by atoms with E-state index in [0.717, 1.165) is 5.56 Å². The molecule has 1 aromatic heterocycles. The van der Waals surface area contributed by atoms with Crippen LogP contribution in [0.3, 0.4) is 0 Å². The molecule has 2 rings (SSSR count). The number of rotatable bonds is 7. The predicted octanol–water partition coefficient (Wildman–Crippen LogP) is 3.29. The lowest BCUT2D eigenvalue weighted by Crippen LogP contribution is -2.51. The van der Waals surface area contributed by atoms with Crippen molar-refractivity contribution >= 4 is 12.0 Å². The van der Waals surface area contributed by atoms with Crippen molar-refractivity contribution in [1.29, 1.82) is 0 Å². The van der Waals surface area contributed by atoms with Gasteiger partial charge in [0.2, 0.25) is 17.7 Å². The highest BCUT2D eigenvalue weighted by molar-refractivity contribution is 5.85. The van der Waals surface area contributed by atoms with Crippen LogP contribution in [-0.4, -0.2) is 33.8 Å². The van der Waals surface area contributed by atoms with Crippen molar-refractivity contribution in [3.63, 3.8) is 0 Å². The maximum atomic E-state index is 12.6. The molecule has 2 aromatic rings. The van der Waals surface area contributed by atoms with Crippen molar-refractivity contribution in [1.82, 2.24) is 20.8 Å². The number of ether oxygens (including phenoxy) is 1. The van der Waals surface area contributed by atoms with Crippen LogP contribution < -0.4 is 10.6 Å². The first-order valence-corrected chi connectivity index (χ1v) is 9.34. The molecule has 0 saturated heterocycles. The summed E-state index contributed by atoms with van der Waals surface area (Å²) in [5, 5.41) is 13.3. The second-order valence-corrected chi connectivity index (χ2v) is 7.59. The largest absolute Gasteiger partial charge is 0.444 e. The van der Waals surface area contributed by atoms with E-state index in [4.69, 9.17) is 9.15 Å². The number of hydrogen-bond donors (Lipinski definition) is 2. The van der Waals surface area contributed by atoms with Crippen LogP contribution in [0.25, 0.3) is 11.5 Å². The second kappa shape index (κ2) is 9.34. The Balaban J connectivity index is 1.98. The molecule has 0 fully saturated rings. The summed E-state index contributed by atoms with van der Waals surface area (Å²) in [6.45, 7) is 9.22. The van der Waals surface area contributed by atoms with Gasteiger partial charge < -0.3 is 19.8 Å². The molecule has 0 spiro atoms. The summed E-state index contributed by atoms with van der Waals surface area (Å²) in [4.78, 5) is 24.7. The average Bonchev–Trinajstić information content (AvgIpc) is 3.12. The Morgan fingerprint density at radius 1 is 1.18 bits per heavy atom. The van der Waals surface area contributed by atoms with Gasteiger partial charge in [-0.3, -0.25) is 4.79 Å². The van der Waals surface area contributed by atoms with E-state index in [-0.39, 0.29) is 24.3 Å². The lowest BCUT2D eigenvalue weighted by Gasteiger charge is -2.26. The Morgan fingerprint density at radius 2 is 1.86 bits per heavy atom. The lowest BCUT2D eigenvalue weighted by atomic mass is 9.98. The Kier molecular flexibility index (Phi) is 7.14. The molecule has 2 amide bonds. The molecule has 2 atom stereocenters. The third-order valence-corrected chi connectivity index (χ3v) is 4.07. The first-order valence-electron chi connectivity index (χ1n) is 9.34. The first kappa shape index (κ1) is 21.4. The molecule has 0 aliphatic heterocycles. The molecular weight excluding hydrogens is 360 g/mol. The summed E-state index contributed by atoms with van der Waals surface area (Å²) < 4.78 is 10.8. The molecule has 8 heteroatoms. The van der Waals surface area contributed by atoms with E-state index in [0.29, 0.717) is 12.3 Å². The number of amides is 2. The van der Waals surface area contributed by atoms with E-state index < -0.39 is 17.7 Å². The number of hydrogen-bond acceptors (Lipinski definition) is 6. The Hall–Kier alpha value is -2.90. The smallest absolute Gasteiger partial charge is 0.408 e. The molecule has 28 heavy (non-hydrogen) atoms. The molecule has 1 heterocycles. The summed E-state index contributed by atoms with van der Waals surface area (Å²) in [6.07, 6.45) is 0.0872. The van der Waals surface area contributed by atoms with E-state index in [2.05, 4.69) is 20.8 Å². The zero-order valence-corrected chi connectivity index (χ0v) is 17.0. The second-order valence-electron chi connectivity index (χ2n) is 7.59. The maximum Gasteiger partial charge on any atom is 0.408 e. The number of carbonyl (C=O) groups is 2. The first-order chi connectivity index (χ1) is 13.2.